The lowest BCUT2D eigenvalue weighted by Gasteiger charge is -2.10. The quantitative estimate of drug-likeness (QED) is 0.334. The number of methoxy groups -OCH3 is 1. The number of nitrogens with one attached hydrogen (secondary N) is 1. The van der Waals surface area contributed by atoms with Gasteiger partial charge in [0, 0.05) is 26.9 Å². The summed E-state index contributed by atoms with van der Waals surface area (Å²) in [6.07, 6.45) is -4.44. The number of amides is 1. The van der Waals surface area contributed by atoms with Crippen LogP contribution in [0.3, 0.4) is 0 Å². The van der Waals surface area contributed by atoms with Gasteiger partial charge in [-0.2, -0.15) is 18.2 Å². The molecule has 4 aromatic rings. The molecular weight excluding hydrogens is 492 g/mol. The Morgan fingerprint density at radius 2 is 1.59 bits per heavy atom. The van der Waals surface area contributed by atoms with Crippen molar-refractivity contribution in [2.75, 3.05) is 12.4 Å². The van der Waals surface area contributed by atoms with Crippen molar-refractivity contribution in [3.05, 3.63) is 87.9 Å². The van der Waals surface area contributed by atoms with Crippen LogP contribution in [0.25, 0.3) is 17.1 Å². The number of halogens is 5. The number of aromatic nitrogens is 3. The van der Waals surface area contributed by atoms with Crippen LogP contribution >= 0.6 is 23.2 Å². The Kier molecular flexibility index (Phi) is 6.49. The number of rotatable bonds is 5. The molecule has 0 unspecified atom stereocenters. The first kappa shape index (κ1) is 23.6. The van der Waals surface area contributed by atoms with E-state index in [1.165, 1.54) is 42.1 Å². The van der Waals surface area contributed by atoms with Crippen molar-refractivity contribution >= 4 is 34.8 Å². The second-order valence-electron chi connectivity index (χ2n) is 7.07. The highest BCUT2D eigenvalue weighted by molar-refractivity contribution is 6.35. The van der Waals surface area contributed by atoms with Crippen LogP contribution in [0, 0.1) is 0 Å². The van der Waals surface area contributed by atoms with Crippen LogP contribution in [0.5, 0.6) is 6.01 Å². The van der Waals surface area contributed by atoms with Crippen LogP contribution in [0.2, 0.25) is 10.0 Å². The topological polar surface area (TPSA) is 69.0 Å². The van der Waals surface area contributed by atoms with Gasteiger partial charge in [0.25, 0.3) is 5.91 Å². The molecule has 0 aliphatic rings. The van der Waals surface area contributed by atoms with Crippen LogP contribution in [-0.4, -0.2) is 27.8 Å². The SMILES string of the molecule is COc1nc(-c2ccc(C(F)(F)F)cc2)n(-c2ccc(NC(=O)c3cc(Cl)cc(Cl)c3)cc2)n1. The molecular formula is C23H15Cl2F3N4O2. The lowest BCUT2D eigenvalue weighted by atomic mass is 10.1. The van der Waals surface area contributed by atoms with Crippen molar-refractivity contribution in [1.29, 1.82) is 0 Å². The zero-order valence-electron chi connectivity index (χ0n) is 17.4. The van der Waals surface area contributed by atoms with E-state index in [0.717, 1.165) is 12.1 Å². The molecule has 1 amide bonds. The molecule has 0 saturated carbocycles. The summed E-state index contributed by atoms with van der Waals surface area (Å²) in [6, 6.07) is 15.8. The predicted molar refractivity (Wildman–Crippen MR) is 123 cm³/mol. The molecule has 0 spiro atoms. The third-order valence-corrected chi connectivity index (χ3v) is 5.17. The zero-order valence-corrected chi connectivity index (χ0v) is 18.9. The first-order valence-electron chi connectivity index (χ1n) is 9.70. The second kappa shape index (κ2) is 9.36. The Morgan fingerprint density at radius 3 is 2.15 bits per heavy atom. The number of benzene rings is 3. The van der Waals surface area contributed by atoms with Gasteiger partial charge in [-0.3, -0.25) is 4.79 Å². The van der Waals surface area contributed by atoms with E-state index >= 15 is 0 Å². The van der Waals surface area contributed by atoms with Crippen molar-refractivity contribution in [3.63, 3.8) is 0 Å². The molecule has 1 N–H and O–H groups in total. The Bertz CT molecular complexity index is 1320. The maximum atomic E-state index is 12.9. The fraction of sp³-hybridized carbons (Fsp3) is 0.0870. The lowest BCUT2D eigenvalue weighted by molar-refractivity contribution is -0.137. The highest BCUT2D eigenvalue weighted by Crippen LogP contribution is 2.31. The van der Waals surface area contributed by atoms with E-state index < -0.39 is 17.6 Å². The molecule has 0 aliphatic heterocycles. The molecule has 1 heterocycles. The number of hydrogen-bond donors (Lipinski definition) is 1. The van der Waals surface area contributed by atoms with Gasteiger partial charge in [0.2, 0.25) is 0 Å². The smallest absolute Gasteiger partial charge is 0.416 e. The minimum Gasteiger partial charge on any atom is -0.466 e. The number of hydrogen-bond acceptors (Lipinski definition) is 4. The van der Waals surface area contributed by atoms with Crippen molar-refractivity contribution in [3.8, 4) is 23.1 Å². The van der Waals surface area contributed by atoms with Gasteiger partial charge < -0.3 is 10.1 Å². The molecule has 0 bridgehead atoms. The van der Waals surface area contributed by atoms with Crippen LogP contribution in [0.4, 0.5) is 18.9 Å². The van der Waals surface area contributed by atoms with Gasteiger partial charge in [0.15, 0.2) is 5.82 Å². The molecule has 6 nitrogen and oxygen atoms in total. The van der Waals surface area contributed by atoms with E-state index in [1.807, 2.05) is 0 Å². The average Bonchev–Trinajstić information content (AvgIpc) is 3.23. The third kappa shape index (κ3) is 5.16. The second-order valence-corrected chi connectivity index (χ2v) is 7.94. The van der Waals surface area contributed by atoms with Gasteiger partial charge in [-0.25, -0.2) is 4.68 Å². The monoisotopic (exact) mass is 506 g/mol. The molecule has 0 fully saturated rings. The maximum Gasteiger partial charge on any atom is 0.416 e. The van der Waals surface area contributed by atoms with Crippen molar-refractivity contribution < 1.29 is 22.7 Å². The Labute approximate surface area is 201 Å². The van der Waals surface area contributed by atoms with Crippen LogP contribution in [0.1, 0.15) is 15.9 Å². The van der Waals surface area contributed by atoms with E-state index in [9.17, 15) is 18.0 Å². The molecule has 0 atom stereocenters. The summed E-state index contributed by atoms with van der Waals surface area (Å²) in [5.74, 6) is -0.110. The summed E-state index contributed by atoms with van der Waals surface area (Å²) in [5.41, 5.74) is 0.990. The molecule has 174 valence electrons. The third-order valence-electron chi connectivity index (χ3n) is 4.74. The van der Waals surface area contributed by atoms with E-state index in [0.29, 0.717) is 32.5 Å². The van der Waals surface area contributed by atoms with E-state index in [2.05, 4.69) is 15.4 Å². The summed E-state index contributed by atoms with van der Waals surface area (Å²) >= 11 is 11.9. The summed E-state index contributed by atoms with van der Waals surface area (Å²) in [7, 11) is 1.39. The van der Waals surface area contributed by atoms with Crippen molar-refractivity contribution in [2.45, 2.75) is 6.18 Å². The minimum atomic E-state index is -4.44. The molecule has 3 aromatic carbocycles. The zero-order chi connectivity index (χ0) is 24.5. The fourth-order valence-corrected chi connectivity index (χ4v) is 3.66. The van der Waals surface area contributed by atoms with Crippen LogP contribution in [0.15, 0.2) is 66.7 Å². The first-order chi connectivity index (χ1) is 16.1. The van der Waals surface area contributed by atoms with E-state index in [-0.39, 0.29) is 11.8 Å². The fourth-order valence-electron chi connectivity index (χ4n) is 3.13. The average molecular weight is 507 g/mol. The number of carbonyl (C=O) groups excluding carboxylic acids is 1. The summed E-state index contributed by atoms with van der Waals surface area (Å²) in [6.45, 7) is 0. The molecule has 11 heteroatoms. The number of anilines is 1. The van der Waals surface area contributed by atoms with Crippen molar-refractivity contribution in [1.82, 2.24) is 14.8 Å². The molecule has 0 radical (unpaired) electrons. The van der Waals surface area contributed by atoms with Gasteiger partial charge >= 0.3 is 12.2 Å². The number of nitrogens with zero attached hydrogens (tertiary/aromatic N) is 3. The summed E-state index contributed by atoms with van der Waals surface area (Å²) in [4.78, 5) is 16.7. The number of carbonyl (C=O) groups is 1. The number of alkyl halides is 3. The molecule has 4 rings (SSSR count). The largest absolute Gasteiger partial charge is 0.466 e. The summed E-state index contributed by atoms with van der Waals surface area (Å²) in [5, 5.41) is 7.66. The van der Waals surface area contributed by atoms with Gasteiger partial charge in [-0.15, -0.1) is 5.10 Å². The Balaban J connectivity index is 1.60. The van der Waals surface area contributed by atoms with E-state index in [1.54, 1.807) is 24.3 Å². The maximum absolute atomic E-state index is 12.9. The van der Waals surface area contributed by atoms with Gasteiger partial charge in [0.1, 0.15) is 0 Å². The number of ether oxygens (including phenoxy) is 1. The first-order valence-corrected chi connectivity index (χ1v) is 10.5. The molecule has 0 saturated heterocycles. The van der Waals surface area contributed by atoms with E-state index in [4.69, 9.17) is 27.9 Å². The van der Waals surface area contributed by atoms with Crippen LogP contribution in [-0.2, 0) is 6.18 Å². The van der Waals surface area contributed by atoms with Crippen LogP contribution < -0.4 is 10.1 Å². The Morgan fingerprint density at radius 1 is 0.971 bits per heavy atom. The predicted octanol–water partition coefficient (Wildman–Crippen LogP) is 6.52. The van der Waals surface area contributed by atoms with Gasteiger partial charge in [-0.05, 0) is 54.6 Å². The molecule has 34 heavy (non-hydrogen) atoms. The highest BCUT2D eigenvalue weighted by atomic mass is 35.5. The molecule has 1 aromatic heterocycles. The van der Waals surface area contributed by atoms with Gasteiger partial charge in [0.05, 0.1) is 18.4 Å². The van der Waals surface area contributed by atoms with Crippen molar-refractivity contribution in [2.24, 2.45) is 0 Å². The normalized spacial score (nSPS) is 11.4. The lowest BCUT2D eigenvalue weighted by Crippen LogP contribution is -2.12. The Hall–Kier alpha value is -3.56. The standard InChI is InChI=1S/C23H15Cl2F3N4O2/c1-34-22-30-20(13-2-4-15(5-3-13)23(26,27)28)32(31-22)19-8-6-18(7-9-19)29-21(33)14-10-16(24)12-17(25)11-14/h2-12H,1H3,(H,29,33). The molecule has 0 aliphatic carbocycles. The van der Waals surface area contributed by atoms with Gasteiger partial charge in [-0.1, -0.05) is 35.3 Å². The summed E-state index contributed by atoms with van der Waals surface area (Å²) < 4.78 is 45.2. The highest BCUT2D eigenvalue weighted by Gasteiger charge is 2.30. The minimum absolute atomic E-state index is 0.0464.